The predicted octanol–water partition coefficient (Wildman–Crippen LogP) is 4.05. The van der Waals surface area contributed by atoms with E-state index in [1.807, 2.05) is 41.8 Å². The molecule has 1 aliphatic heterocycles. The van der Waals surface area contributed by atoms with E-state index in [9.17, 15) is 4.79 Å². The Kier molecular flexibility index (Phi) is 5.64. The second kappa shape index (κ2) is 8.32. The lowest BCUT2D eigenvalue weighted by Gasteiger charge is -2.16. The molecule has 0 radical (unpaired) electrons. The van der Waals surface area contributed by atoms with Gasteiger partial charge < -0.3 is 5.32 Å². The molecule has 0 spiro atoms. The van der Waals surface area contributed by atoms with Gasteiger partial charge in [-0.2, -0.15) is 0 Å². The highest BCUT2D eigenvalue weighted by molar-refractivity contribution is 8.00. The van der Waals surface area contributed by atoms with Crippen LogP contribution in [0.4, 0.5) is 0 Å². The van der Waals surface area contributed by atoms with Crippen molar-refractivity contribution in [2.24, 2.45) is 0 Å². The highest BCUT2D eigenvalue weighted by Gasteiger charge is 2.26. The fourth-order valence-electron chi connectivity index (χ4n) is 3.24. The van der Waals surface area contributed by atoms with Crippen LogP contribution in [0.5, 0.6) is 0 Å². The Bertz CT molecular complexity index is 992. The third-order valence-corrected chi connectivity index (χ3v) is 6.40. The van der Waals surface area contributed by atoms with E-state index in [4.69, 9.17) is 11.6 Å². The Morgan fingerprint density at radius 1 is 1.18 bits per heavy atom. The molecule has 3 aromatic rings. The third-order valence-electron chi connectivity index (χ3n) is 4.78. The van der Waals surface area contributed by atoms with Gasteiger partial charge in [0.1, 0.15) is 0 Å². The van der Waals surface area contributed by atoms with Crippen LogP contribution in [0.2, 0.25) is 5.02 Å². The van der Waals surface area contributed by atoms with E-state index < -0.39 is 0 Å². The number of amides is 1. The molecule has 1 aromatic carbocycles. The zero-order valence-electron chi connectivity index (χ0n) is 15.4. The van der Waals surface area contributed by atoms with Gasteiger partial charge in [0.25, 0.3) is 0 Å². The summed E-state index contributed by atoms with van der Waals surface area (Å²) in [5.74, 6) is 0.759. The number of nitrogens with zero attached hydrogens (tertiary/aromatic N) is 4. The highest BCUT2D eigenvalue weighted by atomic mass is 35.5. The molecule has 3 heterocycles. The summed E-state index contributed by atoms with van der Waals surface area (Å²) in [6.07, 6.45) is 6.29. The van der Waals surface area contributed by atoms with Gasteiger partial charge >= 0.3 is 0 Å². The van der Waals surface area contributed by atoms with Crippen molar-refractivity contribution >= 4 is 29.3 Å². The van der Waals surface area contributed by atoms with Crippen molar-refractivity contribution in [1.82, 2.24) is 25.1 Å². The van der Waals surface area contributed by atoms with Gasteiger partial charge in [0.05, 0.1) is 10.9 Å². The third kappa shape index (κ3) is 3.77. The number of nitrogens with one attached hydrogen (secondary N) is 1. The number of rotatable bonds is 4. The SMILES string of the molecule is Cc1c(Cl)cccc1-n1c(SC2CCCCNC2=O)nnc1-c1ccncc1. The lowest BCUT2D eigenvalue weighted by molar-refractivity contribution is -0.120. The standard InChI is InChI=1S/C20H20ClN5OS/c1-13-15(21)5-4-6-16(13)26-18(14-8-11-22-12-9-14)24-25-20(26)28-17-7-2-3-10-23-19(17)27/h4-6,8-9,11-12,17H,2-3,7,10H2,1H3,(H,23,27). The van der Waals surface area contributed by atoms with Gasteiger partial charge in [-0.1, -0.05) is 35.9 Å². The molecule has 1 aliphatic rings. The van der Waals surface area contributed by atoms with Crippen LogP contribution in [-0.4, -0.2) is 37.5 Å². The van der Waals surface area contributed by atoms with E-state index in [0.29, 0.717) is 16.0 Å². The summed E-state index contributed by atoms with van der Waals surface area (Å²) in [4.78, 5) is 16.5. The topological polar surface area (TPSA) is 72.7 Å². The average Bonchev–Trinajstić information content (AvgIpc) is 3.01. The van der Waals surface area contributed by atoms with E-state index in [-0.39, 0.29) is 11.2 Å². The summed E-state index contributed by atoms with van der Waals surface area (Å²) >= 11 is 7.84. The molecule has 1 amide bonds. The van der Waals surface area contributed by atoms with Gasteiger partial charge in [0.2, 0.25) is 5.91 Å². The molecule has 1 unspecified atom stereocenters. The van der Waals surface area contributed by atoms with E-state index in [1.165, 1.54) is 11.8 Å². The number of aromatic nitrogens is 4. The van der Waals surface area contributed by atoms with Crippen LogP contribution in [0.15, 0.2) is 47.9 Å². The molecule has 0 bridgehead atoms. The second-order valence-electron chi connectivity index (χ2n) is 6.65. The largest absolute Gasteiger partial charge is 0.355 e. The molecule has 2 aromatic heterocycles. The molecule has 28 heavy (non-hydrogen) atoms. The number of thioether (sulfide) groups is 1. The quantitative estimate of drug-likeness (QED) is 0.698. The van der Waals surface area contributed by atoms with Gasteiger partial charge in [0.15, 0.2) is 11.0 Å². The van der Waals surface area contributed by atoms with E-state index in [2.05, 4.69) is 20.5 Å². The van der Waals surface area contributed by atoms with Crippen molar-refractivity contribution in [2.75, 3.05) is 6.54 Å². The van der Waals surface area contributed by atoms with Crippen molar-refractivity contribution < 1.29 is 4.79 Å². The summed E-state index contributed by atoms with van der Waals surface area (Å²) in [6, 6.07) is 9.56. The van der Waals surface area contributed by atoms with Crippen LogP contribution in [-0.2, 0) is 4.79 Å². The summed E-state index contributed by atoms with van der Waals surface area (Å²) in [7, 11) is 0. The smallest absolute Gasteiger partial charge is 0.233 e. The minimum Gasteiger partial charge on any atom is -0.355 e. The zero-order valence-corrected chi connectivity index (χ0v) is 17.0. The van der Waals surface area contributed by atoms with Crippen molar-refractivity contribution in [3.05, 3.63) is 53.3 Å². The highest BCUT2D eigenvalue weighted by Crippen LogP contribution is 2.34. The fraction of sp³-hybridized carbons (Fsp3) is 0.300. The lowest BCUT2D eigenvalue weighted by Crippen LogP contribution is -2.30. The molecule has 4 rings (SSSR count). The lowest BCUT2D eigenvalue weighted by atomic mass is 10.2. The van der Waals surface area contributed by atoms with E-state index >= 15 is 0 Å². The molecular formula is C20H20ClN5OS. The minimum atomic E-state index is -0.185. The van der Waals surface area contributed by atoms with Gasteiger partial charge in [-0.15, -0.1) is 10.2 Å². The van der Waals surface area contributed by atoms with E-state index in [0.717, 1.165) is 42.6 Å². The average molecular weight is 414 g/mol. The number of carbonyl (C=O) groups excluding carboxylic acids is 1. The summed E-state index contributed by atoms with van der Waals surface area (Å²) in [5, 5.41) is 13.0. The van der Waals surface area contributed by atoms with Gasteiger partial charge in [0, 0.05) is 29.5 Å². The second-order valence-corrected chi connectivity index (χ2v) is 8.23. The first kappa shape index (κ1) is 19.0. The molecule has 1 saturated heterocycles. The number of hydrogen-bond donors (Lipinski definition) is 1. The maximum atomic E-state index is 12.4. The van der Waals surface area contributed by atoms with Crippen LogP contribution in [0, 0.1) is 6.92 Å². The number of benzene rings is 1. The van der Waals surface area contributed by atoms with Crippen LogP contribution in [0.25, 0.3) is 17.1 Å². The Balaban J connectivity index is 1.82. The van der Waals surface area contributed by atoms with Crippen molar-refractivity contribution in [3.63, 3.8) is 0 Å². The Morgan fingerprint density at radius 3 is 2.82 bits per heavy atom. The van der Waals surface area contributed by atoms with Gasteiger partial charge in [-0.3, -0.25) is 14.3 Å². The van der Waals surface area contributed by atoms with Crippen LogP contribution in [0.1, 0.15) is 24.8 Å². The molecule has 0 saturated carbocycles. The zero-order chi connectivity index (χ0) is 19.5. The fourth-order valence-corrected chi connectivity index (χ4v) is 4.52. The first-order valence-electron chi connectivity index (χ1n) is 9.21. The van der Waals surface area contributed by atoms with Crippen LogP contribution in [0.3, 0.4) is 0 Å². The van der Waals surface area contributed by atoms with E-state index in [1.54, 1.807) is 12.4 Å². The molecule has 1 fully saturated rings. The Morgan fingerprint density at radius 2 is 2.00 bits per heavy atom. The minimum absolute atomic E-state index is 0.0605. The molecule has 1 N–H and O–H groups in total. The van der Waals surface area contributed by atoms with Gasteiger partial charge in [-0.25, -0.2) is 0 Å². The summed E-state index contributed by atoms with van der Waals surface area (Å²) in [5.41, 5.74) is 2.74. The molecule has 0 aliphatic carbocycles. The van der Waals surface area contributed by atoms with Crippen molar-refractivity contribution in [1.29, 1.82) is 0 Å². The van der Waals surface area contributed by atoms with Crippen LogP contribution >= 0.6 is 23.4 Å². The number of carbonyl (C=O) groups is 1. The number of halogens is 1. The first-order valence-corrected chi connectivity index (χ1v) is 10.5. The predicted molar refractivity (Wildman–Crippen MR) is 111 cm³/mol. The number of pyridine rings is 1. The summed E-state index contributed by atoms with van der Waals surface area (Å²) < 4.78 is 1.99. The molecule has 8 heteroatoms. The molecular weight excluding hydrogens is 394 g/mol. The van der Waals surface area contributed by atoms with Crippen molar-refractivity contribution in [3.8, 4) is 17.1 Å². The normalized spacial score (nSPS) is 17.2. The molecule has 144 valence electrons. The van der Waals surface area contributed by atoms with Gasteiger partial charge in [-0.05, 0) is 49.6 Å². The molecule has 1 atom stereocenters. The monoisotopic (exact) mass is 413 g/mol. The summed E-state index contributed by atoms with van der Waals surface area (Å²) in [6.45, 7) is 2.71. The maximum absolute atomic E-state index is 12.4. The maximum Gasteiger partial charge on any atom is 0.233 e. The number of hydrogen-bond acceptors (Lipinski definition) is 5. The Labute approximate surface area is 172 Å². The van der Waals surface area contributed by atoms with Crippen LogP contribution < -0.4 is 5.32 Å². The first-order chi connectivity index (χ1) is 13.6. The van der Waals surface area contributed by atoms with Crippen molar-refractivity contribution in [2.45, 2.75) is 36.6 Å². The molecule has 6 nitrogen and oxygen atoms in total. The Hall–Kier alpha value is -2.38.